The fourth-order valence-electron chi connectivity index (χ4n) is 0.691. The molecular weight excluding hydrogens is 156 g/mol. The summed E-state index contributed by atoms with van der Waals surface area (Å²) in [6, 6.07) is 3.99. The molecule has 0 radical (unpaired) electrons. The Morgan fingerprint density at radius 1 is 1.27 bits per heavy atom. The number of aromatic nitrogens is 2. The number of rotatable bonds is 2. The molecule has 1 rings (SSSR count). The van der Waals surface area contributed by atoms with Gasteiger partial charge in [-0.1, -0.05) is 13.8 Å². The zero-order valence-electron chi connectivity index (χ0n) is 7.03. The van der Waals surface area contributed by atoms with Gasteiger partial charge in [-0.3, -0.25) is 0 Å². The first kappa shape index (κ1) is 8.53. The highest BCUT2D eigenvalue weighted by Crippen LogP contribution is 2.18. The zero-order chi connectivity index (χ0) is 8.27. The van der Waals surface area contributed by atoms with Gasteiger partial charge in [0.15, 0.2) is 0 Å². The van der Waals surface area contributed by atoms with Gasteiger partial charge < -0.3 is 0 Å². The maximum atomic E-state index is 4.03. The topological polar surface area (TPSA) is 25.8 Å². The van der Waals surface area contributed by atoms with Crippen molar-refractivity contribution in [3.8, 4) is 0 Å². The van der Waals surface area contributed by atoms with E-state index in [0.717, 1.165) is 10.7 Å². The zero-order valence-corrected chi connectivity index (χ0v) is 7.85. The lowest BCUT2D eigenvalue weighted by molar-refractivity contribution is 0.891. The number of nitrogens with zero attached hydrogens (tertiary/aromatic N) is 2. The van der Waals surface area contributed by atoms with Crippen LogP contribution in [0.2, 0.25) is 0 Å². The molecule has 11 heavy (non-hydrogen) atoms. The van der Waals surface area contributed by atoms with Crippen LogP contribution in [-0.2, 0) is 0 Å². The van der Waals surface area contributed by atoms with E-state index in [2.05, 4.69) is 24.0 Å². The van der Waals surface area contributed by atoms with Crippen LogP contribution in [0.4, 0.5) is 0 Å². The Kier molecular flexibility index (Phi) is 2.88. The fourth-order valence-corrected chi connectivity index (χ4v) is 1.41. The van der Waals surface area contributed by atoms with E-state index in [9.17, 15) is 0 Å². The van der Waals surface area contributed by atoms with E-state index >= 15 is 0 Å². The van der Waals surface area contributed by atoms with Gasteiger partial charge in [0.05, 0.1) is 5.69 Å². The molecule has 1 heterocycles. The van der Waals surface area contributed by atoms with Gasteiger partial charge in [0.1, 0.15) is 5.03 Å². The van der Waals surface area contributed by atoms with E-state index in [4.69, 9.17) is 0 Å². The second kappa shape index (κ2) is 3.72. The Labute approximate surface area is 71.4 Å². The smallest absolute Gasteiger partial charge is 0.119 e. The fraction of sp³-hybridized carbons (Fsp3) is 0.500. The van der Waals surface area contributed by atoms with Gasteiger partial charge >= 0.3 is 0 Å². The third kappa shape index (κ3) is 2.89. The highest BCUT2D eigenvalue weighted by atomic mass is 32.2. The number of hydrogen-bond donors (Lipinski definition) is 0. The van der Waals surface area contributed by atoms with Crippen LogP contribution in [-0.4, -0.2) is 15.4 Å². The standard InChI is InChI=1S/C8H12N2S/c1-6(2)11-8-5-4-7(3)9-10-8/h4-6H,1-3H3. The quantitative estimate of drug-likeness (QED) is 0.634. The van der Waals surface area contributed by atoms with Gasteiger partial charge in [0, 0.05) is 5.25 Å². The molecule has 0 amide bonds. The van der Waals surface area contributed by atoms with Gasteiger partial charge in [-0.2, -0.15) is 5.10 Å². The third-order valence-corrected chi connectivity index (χ3v) is 2.06. The Hall–Kier alpha value is -0.570. The average molecular weight is 168 g/mol. The molecule has 0 N–H and O–H groups in total. The lowest BCUT2D eigenvalue weighted by Crippen LogP contribution is -1.91. The van der Waals surface area contributed by atoms with E-state index in [1.54, 1.807) is 11.8 Å². The minimum absolute atomic E-state index is 0.576. The monoisotopic (exact) mass is 168 g/mol. The number of thioether (sulfide) groups is 1. The van der Waals surface area contributed by atoms with Crippen molar-refractivity contribution in [3.05, 3.63) is 17.8 Å². The van der Waals surface area contributed by atoms with E-state index in [0.29, 0.717) is 5.25 Å². The molecule has 0 atom stereocenters. The highest BCUT2D eigenvalue weighted by molar-refractivity contribution is 7.99. The normalized spacial score (nSPS) is 10.5. The molecular formula is C8H12N2S. The second-order valence-electron chi connectivity index (χ2n) is 2.68. The van der Waals surface area contributed by atoms with E-state index < -0.39 is 0 Å². The molecule has 60 valence electrons. The Morgan fingerprint density at radius 2 is 2.00 bits per heavy atom. The molecule has 0 aromatic carbocycles. The minimum Gasteiger partial charge on any atom is -0.155 e. The first-order valence-electron chi connectivity index (χ1n) is 3.65. The summed E-state index contributed by atoms with van der Waals surface area (Å²) in [5.41, 5.74) is 0.970. The van der Waals surface area contributed by atoms with Crippen molar-refractivity contribution in [2.75, 3.05) is 0 Å². The molecule has 0 unspecified atom stereocenters. The Morgan fingerprint density at radius 3 is 2.45 bits per heavy atom. The molecule has 1 aromatic heterocycles. The van der Waals surface area contributed by atoms with Crippen molar-refractivity contribution in [2.24, 2.45) is 0 Å². The molecule has 2 nitrogen and oxygen atoms in total. The van der Waals surface area contributed by atoms with Crippen molar-refractivity contribution in [1.29, 1.82) is 0 Å². The summed E-state index contributed by atoms with van der Waals surface area (Å²) in [6.07, 6.45) is 0. The lowest BCUT2D eigenvalue weighted by Gasteiger charge is -2.01. The summed E-state index contributed by atoms with van der Waals surface area (Å²) in [5, 5.41) is 9.57. The van der Waals surface area contributed by atoms with E-state index in [-0.39, 0.29) is 0 Å². The van der Waals surface area contributed by atoms with Crippen LogP contribution in [0.3, 0.4) is 0 Å². The van der Waals surface area contributed by atoms with Crippen LogP contribution in [0.25, 0.3) is 0 Å². The van der Waals surface area contributed by atoms with Crippen LogP contribution in [0, 0.1) is 6.92 Å². The summed E-state index contributed by atoms with van der Waals surface area (Å²) < 4.78 is 0. The second-order valence-corrected chi connectivity index (χ2v) is 4.28. The van der Waals surface area contributed by atoms with Crippen LogP contribution < -0.4 is 0 Å². The Balaban J connectivity index is 2.66. The van der Waals surface area contributed by atoms with Crippen molar-refractivity contribution >= 4 is 11.8 Å². The van der Waals surface area contributed by atoms with Crippen LogP contribution in [0.1, 0.15) is 19.5 Å². The first-order chi connectivity index (χ1) is 5.18. The third-order valence-electron chi connectivity index (χ3n) is 1.13. The first-order valence-corrected chi connectivity index (χ1v) is 4.53. The predicted octanol–water partition coefficient (Wildman–Crippen LogP) is 2.29. The molecule has 0 saturated heterocycles. The summed E-state index contributed by atoms with van der Waals surface area (Å²) >= 11 is 1.73. The van der Waals surface area contributed by atoms with Gasteiger partial charge in [0.25, 0.3) is 0 Å². The SMILES string of the molecule is Cc1ccc(SC(C)C)nn1. The van der Waals surface area contributed by atoms with Crippen molar-refractivity contribution < 1.29 is 0 Å². The molecule has 0 bridgehead atoms. The summed E-state index contributed by atoms with van der Waals surface area (Å²) in [6.45, 7) is 6.23. The van der Waals surface area contributed by atoms with Crippen LogP contribution >= 0.6 is 11.8 Å². The van der Waals surface area contributed by atoms with Gasteiger partial charge in [-0.05, 0) is 19.1 Å². The maximum absolute atomic E-state index is 4.03. The molecule has 1 aromatic rings. The van der Waals surface area contributed by atoms with Crippen LogP contribution in [0.5, 0.6) is 0 Å². The summed E-state index contributed by atoms with van der Waals surface area (Å²) in [4.78, 5) is 0. The van der Waals surface area contributed by atoms with Gasteiger partial charge in [0.2, 0.25) is 0 Å². The van der Waals surface area contributed by atoms with E-state index in [1.165, 1.54) is 0 Å². The highest BCUT2D eigenvalue weighted by Gasteiger charge is 1.98. The number of aryl methyl sites for hydroxylation is 1. The average Bonchev–Trinajstić information content (AvgIpc) is 1.93. The summed E-state index contributed by atoms with van der Waals surface area (Å²) in [5.74, 6) is 0. The van der Waals surface area contributed by atoms with Gasteiger partial charge in [-0.25, -0.2) is 0 Å². The van der Waals surface area contributed by atoms with E-state index in [1.807, 2.05) is 19.1 Å². The number of hydrogen-bond acceptors (Lipinski definition) is 3. The predicted molar refractivity (Wildman–Crippen MR) is 47.8 cm³/mol. The van der Waals surface area contributed by atoms with Gasteiger partial charge in [-0.15, -0.1) is 16.9 Å². The molecule has 0 aliphatic heterocycles. The van der Waals surface area contributed by atoms with Crippen molar-refractivity contribution in [3.63, 3.8) is 0 Å². The molecule has 0 fully saturated rings. The van der Waals surface area contributed by atoms with Crippen molar-refractivity contribution in [1.82, 2.24) is 10.2 Å². The lowest BCUT2D eigenvalue weighted by atomic mass is 10.4. The molecule has 0 spiro atoms. The molecule has 0 saturated carbocycles. The molecule has 3 heteroatoms. The Bertz CT molecular complexity index is 218. The molecule has 0 aliphatic rings. The van der Waals surface area contributed by atoms with Crippen molar-refractivity contribution in [2.45, 2.75) is 31.0 Å². The summed E-state index contributed by atoms with van der Waals surface area (Å²) in [7, 11) is 0. The minimum atomic E-state index is 0.576. The maximum Gasteiger partial charge on any atom is 0.119 e. The van der Waals surface area contributed by atoms with Crippen LogP contribution in [0.15, 0.2) is 17.2 Å². The molecule has 0 aliphatic carbocycles. The largest absolute Gasteiger partial charge is 0.155 e.